The van der Waals surface area contributed by atoms with Crippen molar-refractivity contribution in [2.75, 3.05) is 0 Å². The molecule has 2 rings (SSSR count). The average Bonchev–Trinajstić information content (AvgIpc) is 2.70. The minimum absolute atomic E-state index is 0.469. The first-order valence-corrected chi connectivity index (χ1v) is 7.53. The summed E-state index contributed by atoms with van der Waals surface area (Å²) in [5, 5.41) is 1.19. The molecule has 0 spiro atoms. The molecule has 0 atom stereocenters. The maximum absolute atomic E-state index is 4.79. The van der Waals surface area contributed by atoms with E-state index in [0.29, 0.717) is 17.8 Å². The van der Waals surface area contributed by atoms with Gasteiger partial charge in [0.2, 0.25) is 0 Å². The van der Waals surface area contributed by atoms with Crippen LogP contribution in [0, 0.1) is 0 Å². The van der Waals surface area contributed by atoms with Gasteiger partial charge in [-0.15, -0.1) is 0 Å². The number of hydrogen-bond acceptors (Lipinski definition) is 3. The molecule has 2 heterocycles. The van der Waals surface area contributed by atoms with E-state index in [2.05, 4.69) is 47.6 Å². The maximum Gasteiger partial charge on any atom is 0.144 e. The van der Waals surface area contributed by atoms with Gasteiger partial charge in [-0.05, 0) is 23.5 Å². The number of fused-ring (bicyclic) bond motifs is 1. The van der Waals surface area contributed by atoms with Crippen molar-refractivity contribution >= 4 is 21.7 Å². The van der Waals surface area contributed by atoms with E-state index in [1.807, 2.05) is 0 Å². The lowest BCUT2D eigenvalue weighted by Gasteiger charge is -2.10. The molecule has 0 aliphatic rings. The lowest BCUT2D eigenvalue weighted by molar-refractivity contribution is 0.809. The molecule has 0 saturated heterocycles. The van der Waals surface area contributed by atoms with Gasteiger partial charge in [0, 0.05) is 11.6 Å². The Balaban J connectivity index is 2.69. The minimum Gasteiger partial charge on any atom is -0.240 e. The first-order chi connectivity index (χ1) is 8.40. The van der Waals surface area contributed by atoms with Crippen LogP contribution in [0.15, 0.2) is 6.07 Å². The lowest BCUT2D eigenvalue weighted by atomic mass is 9.99. The van der Waals surface area contributed by atoms with E-state index < -0.39 is 0 Å². The second-order valence-corrected chi connectivity index (χ2v) is 6.82. The topological polar surface area (TPSA) is 25.8 Å². The molecule has 2 aromatic heterocycles. The highest BCUT2D eigenvalue weighted by Crippen LogP contribution is 2.32. The van der Waals surface area contributed by atoms with E-state index >= 15 is 0 Å². The minimum atomic E-state index is 0.469. The quantitative estimate of drug-likeness (QED) is 0.772. The average molecular weight is 262 g/mol. The van der Waals surface area contributed by atoms with Gasteiger partial charge in [-0.1, -0.05) is 52.9 Å². The molecule has 3 heteroatoms. The molecule has 2 aromatic rings. The van der Waals surface area contributed by atoms with E-state index in [1.165, 1.54) is 16.3 Å². The monoisotopic (exact) mass is 262 g/mol. The molecule has 0 fully saturated rings. The third-order valence-electron chi connectivity index (χ3n) is 3.14. The largest absolute Gasteiger partial charge is 0.240 e. The van der Waals surface area contributed by atoms with Crippen molar-refractivity contribution in [1.29, 1.82) is 0 Å². The lowest BCUT2D eigenvalue weighted by Crippen LogP contribution is -1.98. The first-order valence-electron chi connectivity index (χ1n) is 6.71. The number of aromatic nitrogens is 2. The third-order valence-corrected chi connectivity index (χ3v) is 4.39. The molecule has 0 unspecified atom stereocenters. The normalized spacial score (nSPS) is 12.3. The maximum atomic E-state index is 4.79. The Kier molecular flexibility index (Phi) is 3.71. The van der Waals surface area contributed by atoms with Crippen LogP contribution in [-0.2, 0) is 0 Å². The van der Waals surface area contributed by atoms with Gasteiger partial charge in [0.1, 0.15) is 10.3 Å². The molecule has 0 aliphatic carbocycles. The summed E-state index contributed by atoms with van der Waals surface area (Å²) < 4.78 is 0. The summed E-state index contributed by atoms with van der Waals surface area (Å²) in [6.07, 6.45) is 0. The van der Waals surface area contributed by atoms with Crippen molar-refractivity contribution in [1.82, 2.24) is 9.97 Å². The Morgan fingerprint density at radius 1 is 0.889 bits per heavy atom. The van der Waals surface area contributed by atoms with Crippen molar-refractivity contribution in [3.8, 4) is 0 Å². The Morgan fingerprint density at radius 2 is 1.56 bits per heavy atom. The van der Waals surface area contributed by atoms with Gasteiger partial charge in [0.05, 0.1) is 5.01 Å². The fraction of sp³-hybridized carbons (Fsp3) is 0.600. The van der Waals surface area contributed by atoms with Crippen molar-refractivity contribution in [2.45, 2.75) is 59.3 Å². The predicted octanol–water partition coefficient (Wildman–Crippen LogP) is 5.06. The molecule has 0 bridgehead atoms. The van der Waals surface area contributed by atoms with E-state index in [9.17, 15) is 0 Å². The number of pyridine rings is 1. The molecule has 2 nitrogen and oxygen atoms in total. The molecular weight excluding hydrogens is 240 g/mol. The van der Waals surface area contributed by atoms with Gasteiger partial charge < -0.3 is 0 Å². The van der Waals surface area contributed by atoms with Crippen LogP contribution in [0.25, 0.3) is 10.3 Å². The number of hydrogen-bond donors (Lipinski definition) is 0. The van der Waals surface area contributed by atoms with Crippen LogP contribution < -0.4 is 0 Å². The summed E-state index contributed by atoms with van der Waals surface area (Å²) in [6, 6.07) is 2.24. The van der Waals surface area contributed by atoms with Crippen LogP contribution in [0.2, 0.25) is 0 Å². The second-order valence-electron chi connectivity index (χ2n) is 5.81. The standard InChI is InChI=1S/C15H22N2S/c1-8(2)11-7-12(9(3)4)16-15-13(11)17-14(18-15)10(5)6/h7-10H,1-6H3. The van der Waals surface area contributed by atoms with Gasteiger partial charge in [0.15, 0.2) is 0 Å². The van der Waals surface area contributed by atoms with Crippen molar-refractivity contribution < 1.29 is 0 Å². The molecule has 0 saturated carbocycles. The number of nitrogens with zero attached hydrogens (tertiary/aromatic N) is 2. The zero-order chi connectivity index (χ0) is 13.4. The van der Waals surface area contributed by atoms with Gasteiger partial charge in [-0.25, -0.2) is 9.97 Å². The molecule has 0 N–H and O–H groups in total. The van der Waals surface area contributed by atoms with Gasteiger partial charge in [0.25, 0.3) is 0 Å². The first kappa shape index (κ1) is 13.5. The van der Waals surface area contributed by atoms with E-state index in [4.69, 9.17) is 9.97 Å². The zero-order valence-corrected chi connectivity index (χ0v) is 12.9. The smallest absolute Gasteiger partial charge is 0.144 e. The summed E-state index contributed by atoms with van der Waals surface area (Å²) in [5.74, 6) is 1.44. The number of rotatable bonds is 3. The van der Waals surface area contributed by atoms with Crippen LogP contribution in [0.4, 0.5) is 0 Å². The Labute approximate surface area is 113 Å². The predicted molar refractivity (Wildman–Crippen MR) is 79.7 cm³/mol. The molecule has 0 amide bonds. The van der Waals surface area contributed by atoms with Crippen molar-refractivity contribution in [3.63, 3.8) is 0 Å². The van der Waals surface area contributed by atoms with Crippen LogP contribution in [0.1, 0.15) is 75.6 Å². The Morgan fingerprint density at radius 3 is 2.06 bits per heavy atom. The SMILES string of the molecule is CC(C)c1cc(C(C)C)c2nc(C(C)C)sc2n1. The zero-order valence-electron chi connectivity index (χ0n) is 12.1. The van der Waals surface area contributed by atoms with E-state index in [-0.39, 0.29) is 0 Å². The highest BCUT2D eigenvalue weighted by molar-refractivity contribution is 7.18. The molecule has 18 heavy (non-hydrogen) atoms. The van der Waals surface area contributed by atoms with Gasteiger partial charge in [-0.3, -0.25) is 0 Å². The summed E-state index contributed by atoms with van der Waals surface area (Å²) in [6.45, 7) is 13.2. The van der Waals surface area contributed by atoms with Crippen molar-refractivity contribution in [2.24, 2.45) is 0 Å². The summed E-state index contributed by atoms with van der Waals surface area (Å²) in [5.41, 5.74) is 3.64. The molecule has 0 aliphatic heterocycles. The summed E-state index contributed by atoms with van der Waals surface area (Å²) in [4.78, 5) is 10.7. The second kappa shape index (κ2) is 4.96. The highest BCUT2D eigenvalue weighted by Gasteiger charge is 2.16. The van der Waals surface area contributed by atoms with E-state index in [1.54, 1.807) is 11.3 Å². The molecule has 0 aromatic carbocycles. The summed E-state index contributed by atoms with van der Waals surface area (Å²) in [7, 11) is 0. The summed E-state index contributed by atoms with van der Waals surface area (Å²) >= 11 is 1.75. The van der Waals surface area contributed by atoms with Gasteiger partial charge >= 0.3 is 0 Å². The van der Waals surface area contributed by atoms with Crippen LogP contribution >= 0.6 is 11.3 Å². The van der Waals surface area contributed by atoms with Crippen LogP contribution in [-0.4, -0.2) is 9.97 Å². The van der Waals surface area contributed by atoms with Crippen LogP contribution in [0.3, 0.4) is 0 Å². The third kappa shape index (κ3) is 2.41. The number of thiazole rings is 1. The molecule has 98 valence electrons. The fourth-order valence-electron chi connectivity index (χ4n) is 1.95. The molecule has 0 radical (unpaired) electrons. The van der Waals surface area contributed by atoms with Crippen molar-refractivity contribution in [3.05, 3.63) is 22.3 Å². The van der Waals surface area contributed by atoms with E-state index in [0.717, 1.165) is 10.3 Å². The Hall–Kier alpha value is -0.960. The van der Waals surface area contributed by atoms with Gasteiger partial charge in [-0.2, -0.15) is 0 Å². The van der Waals surface area contributed by atoms with Crippen LogP contribution in [0.5, 0.6) is 0 Å². The fourth-order valence-corrected chi connectivity index (χ4v) is 2.93. The highest BCUT2D eigenvalue weighted by atomic mass is 32.1. The molecular formula is C15H22N2S. The Bertz CT molecular complexity index is 553.